The maximum atomic E-state index is 13.1. The molecule has 0 fully saturated rings. The topological polar surface area (TPSA) is 133 Å². The Kier molecular flexibility index (Phi) is 9.05. The monoisotopic (exact) mass is 487 g/mol. The van der Waals surface area contributed by atoms with Gasteiger partial charge >= 0.3 is 5.97 Å². The number of carboxylic acids is 1. The minimum Gasteiger partial charge on any atom is -0.480 e. The van der Waals surface area contributed by atoms with Gasteiger partial charge in [-0.2, -0.15) is 0 Å². The second kappa shape index (κ2) is 12.6. The van der Waals surface area contributed by atoms with Crippen molar-refractivity contribution in [1.29, 1.82) is 0 Å². The molecule has 0 radical (unpaired) electrons. The Balaban J connectivity index is 1.78. The molecule has 0 heterocycles. The minimum absolute atomic E-state index is 0.146. The van der Waals surface area contributed by atoms with Gasteiger partial charge in [-0.3, -0.25) is 24.1 Å². The highest BCUT2D eigenvalue weighted by Gasteiger charge is 2.35. The van der Waals surface area contributed by atoms with Crippen LogP contribution >= 0.6 is 0 Å². The molecule has 3 rings (SSSR count). The van der Waals surface area contributed by atoms with Gasteiger partial charge in [0.15, 0.2) is 0 Å². The zero-order valence-electron chi connectivity index (χ0n) is 19.3. The van der Waals surface area contributed by atoms with Gasteiger partial charge < -0.3 is 15.7 Å². The Morgan fingerprint density at radius 3 is 1.42 bits per heavy atom. The molecule has 36 heavy (non-hydrogen) atoms. The normalized spacial score (nSPS) is 11.1. The average molecular weight is 488 g/mol. The number of carbonyl (C=O) groups excluding carboxylic acids is 4. The third kappa shape index (κ3) is 7.10. The van der Waals surface area contributed by atoms with E-state index in [4.69, 9.17) is 0 Å². The van der Waals surface area contributed by atoms with E-state index >= 15 is 0 Å². The Morgan fingerprint density at radius 2 is 1.03 bits per heavy atom. The lowest BCUT2D eigenvalue weighted by Gasteiger charge is -2.28. The molecule has 0 unspecified atom stereocenters. The van der Waals surface area contributed by atoms with Crippen molar-refractivity contribution in [2.75, 3.05) is 13.1 Å². The molecule has 3 N–H and O–H groups in total. The second-order valence-corrected chi connectivity index (χ2v) is 7.80. The number of carboxylic acid groups (broad SMARTS) is 1. The predicted octanol–water partition coefficient (Wildman–Crippen LogP) is 1.90. The van der Waals surface area contributed by atoms with Gasteiger partial charge in [-0.05, 0) is 29.8 Å². The SMILES string of the molecule is O=C(NCC(=O)N(C(=O)CNC(=O)c1ccccc1)[C@@H](Cc1ccccc1)C(=O)O)c1ccccc1. The molecule has 3 aromatic rings. The van der Waals surface area contributed by atoms with Crippen LogP contribution in [-0.4, -0.2) is 58.7 Å². The molecule has 9 nitrogen and oxygen atoms in total. The van der Waals surface area contributed by atoms with Crippen LogP contribution in [0.5, 0.6) is 0 Å². The summed E-state index contributed by atoms with van der Waals surface area (Å²) in [6.45, 7) is -1.21. The van der Waals surface area contributed by atoms with E-state index in [1.54, 1.807) is 91.0 Å². The van der Waals surface area contributed by atoms with Crippen LogP contribution in [0.3, 0.4) is 0 Å². The number of benzene rings is 3. The van der Waals surface area contributed by atoms with Crippen LogP contribution < -0.4 is 10.6 Å². The summed E-state index contributed by atoms with van der Waals surface area (Å²) in [5.41, 5.74) is 1.20. The number of amides is 4. The summed E-state index contributed by atoms with van der Waals surface area (Å²) in [5, 5.41) is 14.7. The summed E-state index contributed by atoms with van der Waals surface area (Å²) in [4.78, 5) is 63.6. The van der Waals surface area contributed by atoms with Crippen LogP contribution in [0.15, 0.2) is 91.0 Å². The molecule has 0 saturated heterocycles. The third-order valence-corrected chi connectivity index (χ3v) is 5.28. The van der Waals surface area contributed by atoms with Crippen LogP contribution in [0, 0.1) is 0 Å². The molecule has 3 aromatic carbocycles. The Hall–Kier alpha value is -4.79. The standard InChI is InChI=1S/C27H25N3O6/c31-23(17-28-25(33)20-12-6-2-7-13-20)30(22(27(35)36)16-19-10-4-1-5-11-19)24(32)18-29-26(34)21-14-8-3-9-15-21/h1-15,22H,16-18H2,(H,28,33)(H,29,34)(H,35,36)/t22-/m0/s1. The first-order valence-electron chi connectivity index (χ1n) is 11.1. The fourth-order valence-corrected chi connectivity index (χ4v) is 3.48. The Labute approximate surface area is 207 Å². The summed E-state index contributed by atoms with van der Waals surface area (Å²) >= 11 is 0. The van der Waals surface area contributed by atoms with Gasteiger partial charge in [-0.1, -0.05) is 66.7 Å². The van der Waals surface area contributed by atoms with Gasteiger partial charge in [0.25, 0.3) is 11.8 Å². The molecule has 9 heteroatoms. The van der Waals surface area contributed by atoms with Crippen molar-refractivity contribution in [3.63, 3.8) is 0 Å². The fraction of sp³-hybridized carbons (Fsp3) is 0.148. The van der Waals surface area contributed by atoms with E-state index in [9.17, 15) is 29.1 Å². The Bertz CT molecular complexity index is 1150. The van der Waals surface area contributed by atoms with Crippen molar-refractivity contribution in [1.82, 2.24) is 15.5 Å². The lowest BCUT2D eigenvalue weighted by molar-refractivity contribution is -0.157. The maximum absolute atomic E-state index is 13.1. The summed E-state index contributed by atoms with van der Waals surface area (Å²) < 4.78 is 0. The smallest absolute Gasteiger partial charge is 0.327 e. The number of rotatable bonds is 10. The molecule has 0 aliphatic heterocycles. The number of nitrogens with zero attached hydrogens (tertiary/aromatic N) is 1. The van der Waals surface area contributed by atoms with E-state index in [2.05, 4.69) is 10.6 Å². The van der Waals surface area contributed by atoms with Crippen molar-refractivity contribution in [3.05, 3.63) is 108 Å². The molecular weight excluding hydrogens is 462 g/mol. The Morgan fingerprint density at radius 1 is 0.639 bits per heavy atom. The van der Waals surface area contributed by atoms with Crippen LogP contribution in [-0.2, 0) is 20.8 Å². The number of hydrogen-bond acceptors (Lipinski definition) is 5. The summed E-state index contributed by atoms with van der Waals surface area (Å²) in [7, 11) is 0. The highest BCUT2D eigenvalue weighted by Crippen LogP contribution is 2.11. The number of hydrogen-bond donors (Lipinski definition) is 3. The van der Waals surface area contributed by atoms with E-state index in [1.807, 2.05) is 0 Å². The van der Waals surface area contributed by atoms with Crippen LogP contribution in [0.25, 0.3) is 0 Å². The first kappa shape index (κ1) is 25.8. The number of carbonyl (C=O) groups is 5. The number of nitrogens with one attached hydrogen (secondary N) is 2. The van der Waals surface area contributed by atoms with Gasteiger partial charge in [-0.15, -0.1) is 0 Å². The van der Waals surface area contributed by atoms with Gasteiger partial charge in [0, 0.05) is 17.5 Å². The van der Waals surface area contributed by atoms with Gasteiger partial charge in [0.1, 0.15) is 6.04 Å². The van der Waals surface area contributed by atoms with E-state index in [-0.39, 0.29) is 6.42 Å². The molecule has 184 valence electrons. The molecule has 0 aliphatic rings. The summed E-state index contributed by atoms with van der Waals surface area (Å²) in [6, 6.07) is 23.3. The lowest BCUT2D eigenvalue weighted by Crippen LogP contribution is -2.55. The van der Waals surface area contributed by atoms with Crippen LogP contribution in [0.4, 0.5) is 0 Å². The molecule has 0 aliphatic carbocycles. The molecular formula is C27H25N3O6. The molecule has 0 spiro atoms. The summed E-state index contributed by atoms with van der Waals surface area (Å²) in [6.07, 6.45) is -0.146. The zero-order valence-corrected chi connectivity index (χ0v) is 19.3. The van der Waals surface area contributed by atoms with Crippen molar-refractivity contribution in [2.24, 2.45) is 0 Å². The number of aliphatic carboxylic acids is 1. The van der Waals surface area contributed by atoms with Crippen molar-refractivity contribution in [3.8, 4) is 0 Å². The van der Waals surface area contributed by atoms with Gasteiger partial charge in [0.05, 0.1) is 13.1 Å². The largest absolute Gasteiger partial charge is 0.480 e. The first-order chi connectivity index (χ1) is 17.4. The van der Waals surface area contributed by atoms with Crippen LogP contribution in [0.2, 0.25) is 0 Å². The van der Waals surface area contributed by atoms with Crippen molar-refractivity contribution >= 4 is 29.6 Å². The highest BCUT2D eigenvalue weighted by molar-refractivity contribution is 6.04. The molecule has 4 amide bonds. The molecule has 0 saturated carbocycles. The third-order valence-electron chi connectivity index (χ3n) is 5.28. The molecule has 0 aromatic heterocycles. The summed E-state index contributed by atoms with van der Waals surface area (Å²) in [5.74, 6) is -4.33. The molecule has 1 atom stereocenters. The average Bonchev–Trinajstić information content (AvgIpc) is 2.91. The number of imide groups is 1. The highest BCUT2D eigenvalue weighted by atomic mass is 16.4. The van der Waals surface area contributed by atoms with E-state index in [0.717, 1.165) is 0 Å². The van der Waals surface area contributed by atoms with Gasteiger partial charge in [-0.25, -0.2) is 4.79 Å². The molecule has 0 bridgehead atoms. The first-order valence-corrected chi connectivity index (χ1v) is 11.1. The van der Waals surface area contributed by atoms with Crippen LogP contribution in [0.1, 0.15) is 26.3 Å². The second-order valence-electron chi connectivity index (χ2n) is 7.80. The minimum atomic E-state index is -1.55. The zero-order chi connectivity index (χ0) is 25.9. The van der Waals surface area contributed by atoms with Gasteiger partial charge in [0.2, 0.25) is 11.8 Å². The van der Waals surface area contributed by atoms with E-state index in [1.165, 1.54) is 0 Å². The van der Waals surface area contributed by atoms with Crippen molar-refractivity contribution < 1.29 is 29.1 Å². The quantitative estimate of drug-likeness (QED) is 0.400. The predicted molar refractivity (Wildman–Crippen MR) is 131 cm³/mol. The van der Waals surface area contributed by atoms with E-state index in [0.29, 0.717) is 21.6 Å². The van der Waals surface area contributed by atoms with Crippen molar-refractivity contribution in [2.45, 2.75) is 12.5 Å². The maximum Gasteiger partial charge on any atom is 0.327 e. The lowest BCUT2D eigenvalue weighted by atomic mass is 10.0. The van der Waals surface area contributed by atoms with E-state index < -0.39 is 48.7 Å². The fourth-order valence-electron chi connectivity index (χ4n) is 3.48.